The molecule has 2 amide bonds. The molecular weight excluding hydrogens is 593 g/mol. The summed E-state index contributed by atoms with van der Waals surface area (Å²) in [5.41, 5.74) is 1.51. The fourth-order valence-corrected chi connectivity index (χ4v) is 11.9. The second kappa shape index (κ2) is 10.6. The smallest absolute Gasteiger partial charge is 0.257 e. The molecule has 2 unspecified atom stereocenters. The third-order valence-electron chi connectivity index (χ3n) is 10.0. The number of benzene rings is 1. The number of hydrogen-bond acceptors (Lipinski definition) is 6. The highest BCUT2D eigenvalue weighted by Crippen LogP contribution is 2.53. The van der Waals surface area contributed by atoms with Crippen molar-refractivity contribution in [2.75, 3.05) is 25.0 Å². The van der Waals surface area contributed by atoms with E-state index in [1.807, 2.05) is 4.90 Å². The Kier molecular flexibility index (Phi) is 7.67. The molecule has 4 aliphatic rings. The Hall–Kier alpha value is -2.27. The highest BCUT2D eigenvalue weighted by Gasteiger charge is 2.53. The predicted octanol–water partition coefficient (Wildman–Crippen LogP) is 6.38. The normalized spacial score (nSPS) is 27.5. The van der Waals surface area contributed by atoms with Crippen LogP contribution in [0.3, 0.4) is 0 Å². The Bertz CT molecular complexity index is 1590. The summed E-state index contributed by atoms with van der Waals surface area (Å²) in [5.74, 6) is -0.364. The van der Waals surface area contributed by atoms with Gasteiger partial charge in [0.05, 0.1) is 10.5 Å². The van der Waals surface area contributed by atoms with E-state index >= 15 is 0 Å². The van der Waals surface area contributed by atoms with Crippen molar-refractivity contribution in [1.29, 1.82) is 0 Å². The lowest BCUT2D eigenvalue weighted by Crippen LogP contribution is -2.55. The minimum absolute atomic E-state index is 0.00108. The average molecular weight is 641 g/mol. The predicted molar refractivity (Wildman–Crippen MR) is 176 cm³/mol. The monoisotopic (exact) mass is 640 g/mol. The van der Waals surface area contributed by atoms with E-state index in [0.717, 1.165) is 62.1 Å². The first kappa shape index (κ1) is 31.7. The van der Waals surface area contributed by atoms with Gasteiger partial charge in [0.1, 0.15) is 5.00 Å². The van der Waals surface area contributed by atoms with Crippen molar-refractivity contribution in [3.05, 3.63) is 45.8 Å². The van der Waals surface area contributed by atoms with Crippen molar-refractivity contribution in [2.45, 2.75) is 115 Å². The van der Waals surface area contributed by atoms with Gasteiger partial charge in [0.25, 0.3) is 11.8 Å². The number of rotatable bonds is 5. The Balaban J connectivity index is 1.27. The number of carbonyl (C=O) groups is 2. The Labute approximate surface area is 267 Å². The van der Waals surface area contributed by atoms with Gasteiger partial charge in [-0.3, -0.25) is 9.59 Å². The maximum Gasteiger partial charge on any atom is 0.257 e. The minimum atomic E-state index is -3.69. The number of anilines is 1. The van der Waals surface area contributed by atoms with E-state index < -0.39 is 10.0 Å². The van der Waals surface area contributed by atoms with Crippen LogP contribution in [0.15, 0.2) is 29.2 Å². The number of fused-ring (bicyclic) bond motifs is 3. The van der Waals surface area contributed by atoms with Gasteiger partial charge in [-0.25, -0.2) is 8.42 Å². The molecule has 1 aliphatic carbocycles. The summed E-state index contributed by atoms with van der Waals surface area (Å²) < 4.78 is 29.3. The van der Waals surface area contributed by atoms with Crippen LogP contribution in [0.25, 0.3) is 0 Å². The highest BCUT2D eigenvalue weighted by atomic mass is 32.2. The molecule has 2 saturated heterocycles. The average Bonchev–Trinajstić information content (AvgIpc) is 3.40. The highest BCUT2D eigenvalue weighted by molar-refractivity contribution is 7.89. The first-order chi connectivity index (χ1) is 20.4. The van der Waals surface area contributed by atoms with E-state index in [1.54, 1.807) is 28.6 Å². The molecule has 4 heterocycles. The minimum Gasteiger partial charge on any atom is -0.339 e. The lowest BCUT2D eigenvalue weighted by molar-refractivity contribution is 0.0723. The number of likely N-dealkylation sites (tertiary alicyclic amines) is 1. The van der Waals surface area contributed by atoms with E-state index in [2.05, 4.69) is 59.1 Å². The standard InChI is InChI=1S/C34H48N4O4S2/c1-31(2)17-23-18-34(7,20-31)21-38(23)44(41,42)24-13-11-22(12-14-24)28(39)35-29-26(30(40)37-15-9-8-10-16-37)25-19-32(3,4)36-33(5,6)27(25)43-29/h11-14,23,36H,8-10,15-21H2,1-7H3,(H,35,39). The molecule has 1 aromatic heterocycles. The van der Waals surface area contributed by atoms with Gasteiger partial charge in [-0.05, 0) is 113 Å². The molecular formula is C34H48N4O4S2. The number of hydrogen-bond donors (Lipinski definition) is 2. The molecule has 0 spiro atoms. The molecule has 8 nitrogen and oxygen atoms in total. The third-order valence-corrected chi connectivity index (χ3v) is 13.4. The molecule has 2 atom stereocenters. The van der Waals surface area contributed by atoms with Gasteiger partial charge < -0.3 is 15.5 Å². The largest absolute Gasteiger partial charge is 0.339 e. The Morgan fingerprint density at radius 2 is 1.61 bits per heavy atom. The van der Waals surface area contributed by atoms with E-state index in [1.165, 1.54) is 11.3 Å². The topological polar surface area (TPSA) is 98.8 Å². The number of sulfonamides is 1. The maximum absolute atomic E-state index is 14.0. The summed E-state index contributed by atoms with van der Waals surface area (Å²) in [4.78, 5) is 30.9. The Morgan fingerprint density at radius 1 is 0.955 bits per heavy atom. The van der Waals surface area contributed by atoms with Crippen molar-refractivity contribution in [3.8, 4) is 0 Å². The number of carbonyl (C=O) groups excluding carboxylic acids is 2. The van der Waals surface area contributed by atoms with Gasteiger partial charge in [-0.2, -0.15) is 4.31 Å². The van der Waals surface area contributed by atoms with Gasteiger partial charge in [-0.15, -0.1) is 11.3 Å². The van der Waals surface area contributed by atoms with Crippen LogP contribution in [0, 0.1) is 10.8 Å². The van der Waals surface area contributed by atoms with Crippen LogP contribution in [-0.4, -0.2) is 60.7 Å². The molecule has 3 fully saturated rings. The molecule has 6 rings (SSSR count). The molecule has 44 heavy (non-hydrogen) atoms. The van der Waals surface area contributed by atoms with Crippen LogP contribution in [0.1, 0.15) is 118 Å². The third kappa shape index (κ3) is 5.76. The van der Waals surface area contributed by atoms with Crippen molar-refractivity contribution < 1.29 is 18.0 Å². The second-order valence-electron chi connectivity index (χ2n) is 16.0. The molecule has 10 heteroatoms. The molecule has 1 saturated carbocycles. The number of amides is 2. The Morgan fingerprint density at radius 3 is 2.27 bits per heavy atom. The summed E-state index contributed by atoms with van der Waals surface area (Å²) in [6.07, 6.45) is 6.55. The van der Waals surface area contributed by atoms with Gasteiger partial charge in [-0.1, -0.05) is 20.8 Å². The lowest BCUT2D eigenvalue weighted by Gasteiger charge is -2.42. The first-order valence-corrected chi connectivity index (χ1v) is 18.3. The maximum atomic E-state index is 14.0. The zero-order chi connectivity index (χ0) is 31.9. The van der Waals surface area contributed by atoms with E-state index in [-0.39, 0.29) is 44.7 Å². The summed E-state index contributed by atoms with van der Waals surface area (Å²) in [7, 11) is -3.69. The second-order valence-corrected chi connectivity index (χ2v) is 18.9. The van der Waals surface area contributed by atoms with Crippen molar-refractivity contribution >= 4 is 38.2 Å². The number of thiophene rings is 1. The zero-order valence-corrected chi connectivity index (χ0v) is 28.9. The van der Waals surface area contributed by atoms with Gasteiger partial charge in [0.15, 0.2) is 0 Å². The fraction of sp³-hybridized carbons (Fsp3) is 0.647. The van der Waals surface area contributed by atoms with Gasteiger partial charge >= 0.3 is 0 Å². The summed E-state index contributed by atoms with van der Waals surface area (Å²) in [5, 5.41) is 7.35. The van der Waals surface area contributed by atoms with Crippen molar-refractivity contribution in [3.63, 3.8) is 0 Å². The number of piperidine rings is 1. The van der Waals surface area contributed by atoms with Crippen LogP contribution in [0.2, 0.25) is 0 Å². The summed E-state index contributed by atoms with van der Waals surface area (Å²) in [6.45, 7) is 17.2. The lowest BCUT2D eigenvalue weighted by atomic mass is 9.65. The number of nitrogens with zero attached hydrogens (tertiary/aromatic N) is 2. The fourth-order valence-electron chi connectivity index (χ4n) is 8.88. The number of nitrogens with one attached hydrogen (secondary N) is 2. The molecule has 2 bridgehead atoms. The van der Waals surface area contributed by atoms with E-state index in [4.69, 9.17) is 0 Å². The molecule has 2 aromatic rings. The molecule has 2 N–H and O–H groups in total. The molecule has 1 aromatic carbocycles. The SMILES string of the molecule is CC1(C)CC2CC(C)(CN2S(=O)(=O)c2ccc(C(=O)Nc3sc4c(c3C(=O)N3CCCCC3)CC(C)(C)NC4(C)C)cc2)C1. The van der Waals surface area contributed by atoms with Crippen molar-refractivity contribution in [2.24, 2.45) is 10.8 Å². The van der Waals surface area contributed by atoms with Crippen LogP contribution in [-0.2, 0) is 22.0 Å². The zero-order valence-electron chi connectivity index (χ0n) is 27.3. The van der Waals surface area contributed by atoms with Crippen LogP contribution in [0.5, 0.6) is 0 Å². The van der Waals surface area contributed by atoms with Crippen LogP contribution in [0.4, 0.5) is 5.00 Å². The van der Waals surface area contributed by atoms with Gasteiger partial charge in [0, 0.05) is 47.2 Å². The molecule has 3 aliphatic heterocycles. The first-order valence-electron chi connectivity index (χ1n) is 16.1. The van der Waals surface area contributed by atoms with Gasteiger partial charge in [0.2, 0.25) is 10.0 Å². The van der Waals surface area contributed by atoms with Crippen LogP contribution < -0.4 is 10.6 Å². The molecule has 240 valence electrons. The molecule has 0 radical (unpaired) electrons. The quantitative estimate of drug-likeness (QED) is 0.396. The summed E-state index contributed by atoms with van der Waals surface area (Å²) in [6, 6.07) is 6.28. The van der Waals surface area contributed by atoms with Crippen molar-refractivity contribution in [1.82, 2.24) is 14.5 Å². The van der Waals surface area contributed by atoms with Crippen LogP contribution >= 0.6 is 11.3 Å². The van der Waals surface area contributed by atoms with E-state index in [9.17, 15) is 18.0 Å². The van der Waals surface area contributed by atoms with E-state index in [0.29, 0.717) is 29.1 Å². The summed E-state index contributed by atoms with van der Waals surface area (Å²) >= 11 is 1.47.